The minimum atomic E-state index is -0.479. The lowest BCUT2D eigenvalue weighted by Crippen LogP contribution is -2.23. The van der Waals surface area contributed by atoms with E-state index in [2.05, 4.69) is 11.4 Å². The summed E-state index contributed by atoms with van der Waals surface area (Å²) in [5.41, 5.74) is 0.805. The Morgan fingerprint density at radius 3 is 2.31 bits per heavy atom. The average Bonchev–Trinajstić information content (AvgIpc) is 2.16. The summed E-state index contributed by atoms with van der Waals surface area (Å²) in [6.07, 6.45) is 5.09. The SMILES string of the molecule is C#CNc1ccc(C(=O)OC(C)(C)C)cc1. The Kier molecular flexibility index (Phi) is 3.57. The largest absolute Gasteiger partial charge is 0.456 e. The first-order valence-electron chi connectivity index (χ1n) is 4.97. The zero-order valence-corrected chi connectivity index (χ0v) is 9.70. The van der Waals surface area contributed by atoms with Gasteiger partial charge in [0.05, 0.1) is 5.56 Å². The quantitative estimate of drug-likeness (QED) is 0.470. The number of ether oxygens (including phenoxy) is 1. The molecule has 0 amide bonds. The number of anilines is 1. The van der Waals surface area contributed by atoms with Crippen LogP contribution in [0.3, 0.4) is 0 Å². The maximum absolute atomic E-state index is 11.6. The van der Waals surface area contributed by atoms with Crippen molar-refractivity contribution in [3.05, 3.63) is 29.8 Å². The van der Waals surface area contributed by atoms with Gasteiger partial charge in [-0.25, -0.2) is 4.79 Å². The Labute approximate surface area is 95.8 Å². The summed E-state index contributed by atoms with van der Waals surface area (Å²) in [6, 6.07) is 9.12. The molecule has 0 aliphatic heterocycles. The minimum absolute atomic E-state index is 0.334. The molecule has 3 heteroatoms. The number of nitrogens with one attached hydrogen (secondary N) is 1. The van der Waals surface area contributed by atoms with Gasteiger partial charge in [-0.15, -0.1) is 0 Å². The van der Waals surface area contributed by atoms with Crippen LogP contribution in [0, 0.1) is 12.5 Å². The highest BCUT2D eigenvalue weighted by Crippen LogP contribution is 2.14. The fourth-order valence-corrected chi connectivity index (χ4v) is 1.11. The van der Waals surface area contributed by atoms with Gasteiger partial charge in [-0.05, 0) is 45.0 Å². The van der Waals surface area contributed by atoms with Crippen LogP contribution in [0.5, 0.6) is 0 Å². The number of rotatable bonds is 2. The van der Waals surface area contributed by atoms with Crippen molar-refractivity contribution < 1.29 is 9.53 Å². The number of carbonyl (C=O) groups is 1. The van der Waals surface area contributed by atoms with Crippen LogP contribution in [0.1, 0.15) is 31.1 Å². The molecular formula is C13H15NO2. The molecule has 84 valence electrons. The zero-order valence-electron chi connectivity index (χ0n) is 9.70. The molecule has 0 aliphatic carbocycles. The van der Waals surface area contributed by atoms with E-state index in [0.717, 1.165) is 5.69 Å². The lowest BCUT2D eigenvalue weighted by molar-refractivity contribution is 0.00696. The second-order valence-corrected chi connectivity index (χ2v) is 4.35. The normalized spacial score (nSPS) is 10.4. The zero-order chi connectivity index (χ0) is 12.2. The monoisotopic (exact) mass is 217 g/mol. The highest BCUT2D eigenvalue weighted by molar-refractivity contribution is 5.90. The summed E-state index contributed by atoms with van der Waals surface area (Å²) in [4.78, 5) is 11.6. The number of carbonyl (C=O) groups excluding carboxylic acids is 1. The second kappa shape index (κ2) is 4.71. The predicted octanol–water partition coefficient (Wildman–Crippen LogP) is 2.64. The summed E-state index contributed by atoms with van der Waals surface area (Å²) in [6.45, 7) is 5.50. The Bertz CT molecular complexity index is 407. The fourth-order valence-electron chi connectivity index (χ4n) is 1.11. The predicted molar refractivity (Wildman–Crippen MR) is 64.1 cm³/mol. The van der Waals surface area contributed by atoms with E-state index in [0.29, 0.717) is 5.56 Å². The molecule has 1 aromatic rings. The van der Waals surface area contributed by atoms with Crippen molar-refractivity contribution in [3.8, 4) is 12.5 Å². The highest BCUT2D eigenvalue weighted by Gasteiger charge is 2.17. The lowest BCUT2D eigenvalue weighted by atomic mass is 10.1. The third-order valence-corrected chi connectivity index (χ3v) is 1.74. The fraction of sp³-hybridized carbons (Fsp3) is 0.308. The van der Waals surface area contributed by atoms with Crippen molar-refractivity contribution in [1.82, 2.24) is 0 Å². The molecule has 1 rings (SSSR count). The van der Waals surface area contributed by atoms with E-state index in [9.17, 15) is 4.79 Å². The topological polar surface area (TPSA) is 38.3 Å². The molecule has 0 heterocycles. The molecule has 3 nitrogen and oxygen atoms in total. The van der Waals surface area contributed by atoms with E-state index in [-0.39, 0.29) is 5.97 Å². The Morgan fingerprint density at radius 2 is 1.88 bits per heavy atom. The Hall–Kier alpha value is -1.95. The van der Waals surface area contributed by atoms with Crippen LogP contribution < -0.4 is 5.32 Å². The summed E-state index contributed by atoms with van der Waals surface area (Å²) >= 11 is 0. The van der Waals surface area contributed by atoms with E-state index in [1.165, 1.54) is 0 Å². The van der Waals surface area contributed by atoms with Gasteiger partial charge in [0.2, 0.25) is 0 Å². The van der Waals surface area contributed by atoms with Gasteiger partial charge in [-0.1, -0.05) is 6.42 Å². The smallest absolute Gasteiger partial charge is 0.338 e. The van der Waals surface area contributed by atoms with Gasteiger partial charge in [0.1, 0.15) is 5.60 Å². The molecule has 16 heavy (non-hydrogen) atoms. The maximum Gasteiger partial charge on any atom is 0.338 e. The Balaban J connectivity index is 2.75. The van der Waals surface area contributed by atoms with Gasteiger partial charge in [0.15, 0.2) is 0 Å². The molecule has 0 bridgehead atoms. The van der Waals surface area contributed by atoms with Gasteiger partial charge < -0.3 is 10.1 Å². The van der Waals surface area contributed by atoms with E-state index in [1.807, 2.05) is 20.8 Å². The number of benzene rings is 1. The maximum atomic E-state index is 11.6. The summed E-state index contributed by atoms with van der Waals surface area (Å²) in [7, 11) is 0. The number of esters is 1. The molecule has 0 radical (unpaired) electrons. The van der Waals surface area contributed by atoms with Crippen molar-refractivity contribution >= 4 is 11.7 Å². The van der Waals surface area contributed by atoms with E-state index in [4.69, 9.17) is 11.2 Å². The van der Waals surface area contributed by atoms with Gasteiger partial charge >= 0.3 is 5.97 Å². The molecule has 0 atom stereocenters. The van der Waals surface area contributed by atoms with Crippen molar-refractivity contribution in [3.63, 3.8) is 0 Å². The van der Waals surface area contributed by atoms with Gasteiger partial charge in [-0.2, -0.15) is 0 Å². The standard InChI is InChI=1S/C13H15NO2/c1-5-14-11-8-6-10(7-9-11)12(15)16-13(2,3)4/h1,6-9,14H,2-4H3. The molecule has 0 unspecified atom stereocenters. The average molecular weight is 217 g/mol. The van der Waals surface area contributed by atoms with Crippen molar-refractivity contribution in [1.29, 1.82) is 0 Å². The van der Waals surface area contributed by atoms with E-state index >= 15 is 0 Å². The number of hydrogen-bond acceptors (Lipinski definition) is 3. The van der Waals surface area contributed by atoms with Gasteiger partial charge in [0.25, 0.3) is 0 Å². The highest BCUT2D eigenvalue weighted by atomic mass is 16.6. The van der Waals surface area contributed by atoms with Crippen molar-refractivity contribution in [2.45, 2.75) is 26.4 Å². The van der Waals surface area contributed by atoms with Crippen LogP contribution in [-0.4, -0.2) is 11.6 Å². The van der Waals surface area contributed by atoms with Gasteiger partial charge in [-0.3, -0.25) is 0 Å². The van der Waals surface area contributed by atoms with Crippen molar-refractivity contribution in [2.75, 3.05) is 5.32 Å². The van der Waals surface area contributed by atoms with E-state index in [1.54, 1.807) is 24.3 Å². The molecule has 0 fully saturated rings. The van der Waals surface area contributed by atoms with Crippen LogP contribution in [0.4, 0.5) is 5.69 Å². The molecule has 0 spiro atoms. The molecular weight excluding hydrogens is 202 g/mol. The molecule has 0 aromatic heterocycles. The molecule has 0 aliphatic rings. The molecule has 0 saturated heterocycles. The first kappa shape index (κ1) is 12.1. The summed E-state index contributed by atoms with van der Waals surface area (Å²) < 4.78 is 5.22. The third kappa shape index (κ3) is 3.66. The van der Waals surface area contributed by atoms with Crippen molar-refractivity contribution in [2.24, 2.45) is 0 Å². The lowest BCUT2D eigenvalue weighted by Gasteiger charge is -2.19. The summed E-state index contributed by atoms with van der Waals surface area (Å²) in [5.74, 6) is -0.334. The first-order valence-corrected chi connectivity index (χ1v) is 4.97. The minimum Gasteiger partial charge on any atom is -0.456 e. The molecule has 0 saturated carbocycles. The van der Waals surface area contributed by atoms with Crippen LogP contribution in [-0.2, 0) is 4.74 Å². The summed E-state index contributed by atoms with van der Waals surface area (Å²) in [5, 5.41) is 2.70. The van der Waals surface area contributed by atoms with Gasteiger partial charge in [0, 0.05) is 11.7 Å². The second-order valence-electron chi connectivity index (χ2n) is 4.35. The first-order chi connectivity index (χ1) is 7.42. The Morgan fingerprint density at radius 1 is 1.31 bits per heavy atom. The number of hydrogen-bond donors (Lipinski definition) is 1. The van der Waals surface area contributed by atoms with Crippen LogP contribution in [0.25, 0.3) is 0 Å². The van der Waals surface area contributed by atoms with E-state index < -0.39 is 5.60 Å². The molecule has 1 N–H and O–H groups in total. The number of terminal acetylenes is 1. The van der Waals surface area contributed by atoms with Crippen LogP contribution in [0.2, 0.25) is 0 Å². The third-order valence-electron chi connectivity index (χ3n) is 1.74. The van der Waals surface area contributed by atoms with Crippen LogP contribution >= 0.6 is 0 Å². The van der Waals surface area contributed by atoms with Crippen LogP contribution in [0.15, 0.2) is 24.3 Å². The molecule has 1 aromatic carbocycles.